The third kappa shape index (κ3) is 2.15. The van der Waals surface area contributed by atoms with Gasteiger partial charge in [-0.2, -0.15) is 0 Å². The summed E-state index contributed by atoms with van der Waals surface area (Å²) in [5.74, 6) is -1.09. The van der Waals surface area contributed by atoms with E-state index in [0.29, 0.717) is 13.2 Å². The molecule has 5 heteroatoms. The van der Waals surface area contributed by atoms with Crippen LogP contribution >= 0.6 is 0 Å². The average Bonchev–Trinajstić information content (AvgIpc) is 2.68. The maximum atomic E-state index is 12.0. The number of hydrogen-bond acceptors (Lipinski definition) is 4. The topological polar surface area (TPSA) is 59.0 Å². The smallest absolute Gasteiger partial charge is 0.262 e. The van der Waals surface area contributed by atoms with E-state index in [-0.39, 0.29) is 12.0 Å². The summed E-state index contributed by atoms with van der Waals surface area (Å²) in [5, 5.41) is 10.4. The highest BCUT2D eigenvalue weighted by Crippen LogP contribution is 2.39. The first-order valence-electron chi connectivity index (χ1n) is 6.19. The van der Waals surface area contributed by atoms with Gasteiger partial charge >= 0.3 is 0 Å². The molecule has 0 unspecified atom stereocenters. The zero-order chi connectivity index (χ0) is 14.3. The van der Waals surface area contributed by atoms with Gasteiger partial charge in [0.15, 0.2) is 11.4 Å². The van der Waals surface area contributed by atoms with Crippen LogP contribution in [-0.4, -0.2) is 52.6 Å². The molecule has 0 spiro atoms. The molecule has 3 atom stereocenters. The van der Waals surface area contributed by atoms with Crippen molar-refractivity contribution in [2.24, 2.45) is 0 Å². The highest BCUT2D eigenvalue weighted by molar-refractivity contribution is 5.95. The summed E-state index contributed by atoms with van der Waals surface area (Å²) < 4.78 is 11.2. The van der Waals surface area contributed by atoms with Gasteiger partial charge in [0.2, 0.25) is 0 Å². The summed E-state index contributed by atoms with van der Waals surface area (Å²) in [5.41, 5.74) is 0.871. The van der Waals surface area contributed by atoms with Crippen LogP contribution in [0, 0.1) is 0 Å². The fourth-order valence-corrected chi connectivity index (χ4v) is 2.65. The molecule has 0 radical (unpaired) electrons. The van der Waals surface area contributed by atoms with Gasteiger partial charge in [-0.05, 0) is 13.8 Å². The molecule has 0 aromatic rings. The predicted octanol–water partition coefficient (Wildman–Crippen LogP) is 0.607. The summed E-state index contributed by atoms with van der Waals surface area (Å²) in [7, 11) is 0. The SMILES string of the molecule is C=C=C[C@]1(O)C(=O)N(CC=C)[C@H]1[C@H]1COC(C)(C)O1. The number of likely N-dealkylation sites (tertiary alicyclic amines) is 1. The Morgan fingerprint density at radius 2 is 2.32 bits per heavy atom. The summed E-state index contributed by atoms with van der Waals surface area (Å²) in [6.45, 7) is 11.3. The van der Waals surface area contributed by atoms with Gasteiger partial charge in [-0.1, -0.05) is 12.7 Å². The molecule has 2 saturated heterocycles. The lowest BCUT2D eigenvalue weighted by Gasteiger charge is -2.52. The normalized spacial score (nSPS) is 36.6. The number of amides is 1. The fourth-order valence-electron chi connectivity index (χ4n) is 2.65. The predicted molar refractivity (Wildman–Crippen MR) is 69.3 cm³/mol. The first-order chi connectivity index (χ1) is 8.85. The molecule has 2 aliphatic heterocycles. The molecule has 0 aromatic carbocycles. The molecule has 1 N–H and O–H groups in total. The lowest BCUT2D eigenvalue weighted by atomic mass is 9.78. The van der Waals surface area contributed by atoms with Crippen LogP contribution in [0.25, 0.3) is 0 Å². The molecule has 2 fully saturated rings. The minimum absolute atomic E-state index is 0.325. The van der Waals surface area contributed by atoms with E-state index in [9.17, 15) is 9.90 Å². The zero-order valence-corrected chi connectivity index (χ0v) is 11.3. The molecule has 0 aliphatic carbocycles. The molecule has 2 rings (SSSR count). The molecule has 0 aromatic heterocycles. The highest BCUT2D eigenvalue weighted by Gasteiger charge is 2.63. The van der Waals surface area contributed by atoms with Crippen molar-refractivity contribution in [1.29, 1.82) is 0 Å². The summed E-state index contributed by atoms with van der Waals surface area (Å²) in [6, 6.07) is -0.506. The average molecular weight is 265 g/mol. The number of carbonyl (C=O) groups excluding carboxylic acids is 1. The van der Waals surface area contributed by atoms with Crippen molar-refractivity contribution < 1.29 is 19.4 Å². The van der Waals surface area contributed by atoms with Gasteiger partial charge in [0.1, 0.15) is 12.1 Å². The second-order valence-corrected chi connectivity index (χ2v) is 5.23. The lowest BCUT2D eigenvalue weighted by molar-refractivity contribution is -0.203. The van der Waals surface area contributed by atoms with Gasteiger partial charge in [-0.3, -0.25) is 4.79 Å². The van der Waals surface area contributed by atoms with Gasteiger partial charge in [0.05, 0.1) is 6.61 Å². The molecule has 2 heterocycles. The maximum Gasteiger partial charge on any atom is 0.262 e. The number of nitrogens with zero attached hydrogens (tertiary/aromatic N) is 1. The van der Waals surface area contributed by atoms with Crippen molar-refractivity contribution >= 4 is 5.91 Å². The highest BCUT2D eigenvalue weighted by atomic mass is 16.7. The third-order valence-corrected chi connectivity index (χ3v) is 3.42. The standard InChI is InChI=1S/C14H19NO4/c1-5-7-14(17)11(15(8-6-2)12(14)16)10-9-18-13(3,4)19-10/h6-7,10-11,17H,1-2,8-9H2,3-4H3/t10-,11+,14-/m1/s1. The largest absolute Gasteiger partial charge is 0.374 e. The second-order valence-electron chi connectivity index (χ2n) is 5.23. The van der Waals surface area contributed by atoms with Crippen LogP contribution < -0.4 is 0 Å². The number of aliphatic hydroxyl groups is 1. The molecule has 19 heavy (non-hydrogen) atoms. The number of carbonyl (C=O) groups is 1. The maximum absolute atomic E-state index is 12.0. The fraction of sp³-hybridized carbons (Fsp3) is 0.571. The number of ether oxygens (including phenoxy) is 2. The van der Waals surface area contributed by atoms with E-state index < -0.39 is 17.4 Å². The van der Waals surface area contributed by atoms with Crippen molar-refractivity contribution in [3.63, 3.8) is 0 Å². The van der Waals surface area contributed by atoms with Crippen LogP contribution in [0.3, 0.4) is 0 Å². The van der Waals surface area contributed by atoms with Crippen molar-refractivity contribution in [2.75, 3.05) is 13.2 Å². The van der Waals surface area contributed by atoms with E-state index in [4.69, 9.17) is 9.47 Å². The quantitative estimate of drug-likeness (QED) is 0.459. The van der Waals surface area contributed by atoms with Crippen LogP contribution in [0.1, 0.15) is 13.8 Å². The first-order valence-corrected chi connectivity index (χ1v) is 6.19. The molecule has 1 amide bonds. The van der Waals surface area contributed by atoms with Gasteiger partial charge in [0, 0.05) is 12.6 Å². The molecular weight excluding hydrogens is 246 g/mol. The van der Waals surface area contributed by atoms with E-state index in [2.05, 4.69) is 18.9 Å². The van der Waals surface area contributed by atoms with Crippen LogP contribution in [0.15, 0.2) is 31.0 Å². The van der Waals surface area contributed by atoms with Crippen molar-refractivity contribution in [1.82, 2.24) is 4.90 Å². The Labute approximate surface area is 112 Å². The summed E-state index contributed by atoms with van der Waals surface area (Å²) in [4.78, 5) is 13.5. The van der Waals surface area contributed by atoms with Crippen LogP contribution in [0.5, 0.6) is 0 Å². The third-order valence-electron chi connectivity index (χ3n) is 3.42. The van der Waals surface area contributed by atoms with Crippen molar-refractivity contribution in [3.8, 4) is 0 Å². The minimum Gasteiger partial charge on any atom is -0.374 e. The Morgan fingerprint density at radius 3 is 2.79 bits per heavy atom. The van der Waals surface area contributed by atoms with Gasteiger partial charge < -0.3 is 19.5 Å². The molecule has 0 saturated carbocycles. The Hall–Kier alpha value is -1.39. The van der Waals surface area contributed by atoms with E-state index in [0.717, 1.165) is 0 Å². The molecule has 104 valence electrons. The molecule has 2 aliphatic rings. The zero-order valence-electron chi connectivity index (χ0n) is 11.3. The number of rotatable bonds is 4. The second kappa shape index (κ2) is 4.62. The van der Waals surface area contributed by atoms with Crippen LogP contribution in [-0.2, 0) is 14.3 Å². The van der Waals surface area contributed by atoms with E-state index >= 15 is 0 Å². The van der Waals surface area contributed by atoms with Crippen molar-refractivity contribution in [3.05, 3.63) is 31.0 Å². The summed E-state index contributed by atoms with van der Waals surface area (Å²) in [6.07, 6.45) is 2.51. The number of β-lactam (4-membered cyclic amide) rings is 1. The number of hydrogen-bond donors (Lipinski definition) is 1. The Balaban J connectivity index is 2.25. The van der Waals surface area contributed by atoms with Crippen molar-refractivity contribution in [2.45, 2.75) is 37.4 Å². The van der Waals surface area contributed by atoms with Gasteiger partial charge in [-0.25, -0.2) is 0 Å². The molecule has 5 nitrogen and oxygen atoms in total. The van der Waals surface area contributed by atoms with Gasteiger partial charge in [0.25, 0.3) is 5.91 Å². The Kier molecular flexibility index (Phi) is 3.41. The minimum atomic E-state index is -1.61. The summed E-state index contributed by atoms with van der Waals surface area (Å²) >= 11 is 0. The first kappa shape index (κ1) is 14.0. The monoisotopic (exact) mass is 265 g/mol. The lowest BCUT2D eigenvalue weighted by Crippen LogP contribution is -2.76. The molecule has 0 bridgehead atoms. The van der Waals surface area contributed by atoms with Crippen LogP contribution in [0.4, 0.5) is 0 Å². The van der Waals surface area contributed by atoms with E-state index in [1.807, 2.05) is 0 Å². The van der Waals surface area contributed by atoms with E-state index in [1.165, 1.54) is 11.0 Å². The van der Waals surface area contributed by atoms with E-state index in [1.54, 1.807) is 19.9 Å². The van der Waals surface area contributed by atoms with Gasteiger partial charge in [-0.15, -0.1) is 12.3 Å². The Bertz CT molecular complexity index is 452. The Morgan fingerprint density at radius 1 is 1.63 bits per heavy atom. The molecular formula is C14H19NO4. The van der Waals surface area contributed by atoms with Crippen LogP contribution in [0.2, 0.25) is 0 Å².